The highest BCUT2D eigenvalue weighted by Gasteiger charge is 2.73. The van der Waals surface area contributed by atoms with Gasteiger partial charge in [-0.25, -0.2) is 0 Å². The van der Waals surface area contributed by atoms with Crippen molar-refractivity contribution in [2.75, 3.05) is 7.11 Å². The van der Waals surface area contributed by atoms with E-state index >= 15 is 0 Å². The van der Waals surface area contributed by atoms with Gasteiger partial charge in [0.2, 0.25) is 0 Å². The molecule has 1 aromatic carbocycles. The number of phenolic OH excluding ortho intramolecular Hbond substituents is 1. The van der Waals surface area contributed by atoms with E-state index < -0.39 is 29.0 Å². The Balaban J connectivity index is 1.44. The Labute approximate surface area is 210 Å². The van der Waals surface area contributed by atoms with Gasteiger partial charge >= 0.3 is 11.9 Å². The van der Waals surface area contributed by atoms with Crippen molar-refractivity contribution >= 4 is 17.7 Å². The van der Waals surface area contributed by atoms with Crippen molar-refractivity contribution in [3.8, 4) is 5.75 Å². The molecule has 0 aromatic heterocycles. The third-order valence-electron chi connectivity index (χ3n) is 10.0. The molecule has 36 heavy (non-hydrogen) atoms. The number of fused-ring (bicyclic) bond motifs is 3. The standard InChI is InChI=1S/C29H32O7/c1-14-17(15-5-7-16(30)8-6-15)12-21-18(14)11-19-20(13-23(32)34-4)29(3)22(31)9-10-28(2)26(29)25(24(19)35-21)36-27(28)33/h5-10,17,19-21,24-26,30H,11-13H2,1-4H3/t17-,19+,20+,21+,24+,25+,26+,28-,29+/m1/s1. The number of methoxy groups -OCH3 is 1. The van der Waals surface area contributed by atoms with Crippen LogP contribution in [0.4, 0.5) is 0 Å². The van der Waals surface area contributed by atoms with Gasteiger partial charge in [-0.05, 0) is 67.9 Å². The molecular weight excluding hydrogens is 460 g/mol. The lowest BCUT2D eigenvalue weighted by Gasteiger charge is -2.58. The summed E-state index contributed by atoms with van der Waals surface area (Å²) in [7, 11) is 1.36. The summed E-state index contributed by atoms with van der Waals surface area (Å²) in [6.07, 6.45) is 3.68. The minimum absolute atomic E-state index is 0.0677. The summed E-state index contributed by atoms with van der Waals surface area (Å²) < 4.78 is 17.9. The molecule has 0 unspecified atom stereocenters. The van der Waals surface area contributed by atoms with Crippen molar-refractivity contribution in [1.29, 1.82) is 0 Å². The molecule has 0 amide bonds. The lowest BCUT2D eigenvalue weighted by Crippen LogP contribution is -2.65. The number of esters is 2. The fraction of sp³-hybridized carbons (Fsp3) is 0.552. The summed E-state index contributed by atoms with van der Waals surface area (Å²) in [6, 6.07) is 7.29. The van der Waals surface area contributed by atoms with Crippen LogP contribution in [0.15, 0.2) is 47.6 Å². The highest BCUT2D eigenvalue weighted by atomic mass is 16.6. The summed E-state index contributed by atoms with van der Waals surface area (Å²) in [5.41, 5.74) is 1.67. The van der Waals surface area contributed by atoms with E-state index in [2.05, 4.69) is 6.92 Å². The minimum atomic E-state index is -0.949. The smallest absolute Gasteiger partial charge is 0.316 e. The average molecular weight is 493 g/mol. The molecule has 7 nitrogen and oxygen atoms in total. The Morgan fingerprint density at radius 1 is 1.17 bits per heavy atom. The first-order valence-electron chi connectivity index (χ1n) is 12.7. The van der Waals surface area contributed by atoms with Gasteiger partial charge in [0, 0.05) is 23.7 Å². The summed E-state index contributed by atoms with van der Waals surface area (Å²) >= 11 is 0. The molecule has 0 spiro atoms. The molecule has 7 heteroatoms. The van der Waals surface area contributed by atoms with Crippen LogP contribution >= 0.6 is 0 Å². The molecule has 1 N–H and O–H groups in total. The summed E-state index contributed by atoms with van der Waals surface area (Å²) in [6.45, 7) is 5.87. The maximum Gasteiger partial charge on any atom is 0.316 e. The number of phenols is 1. The number of allylic oxidation sites excluding steroid dienone is 2. The van der Waals surface area contributed by atoms with Crippen LogP contribution in [0.5, 0.6) is 5.75 Å². The molecule has 6 rings (SSSR count). The van der Waals surface area contributed by atoms with E-state index in [9.17, 15) is 19.5 Å². The highest BCUT2D eigenvalue weighted by Crippen LogP contribution is 2.65. The van der Waals surface area contributed by atoms with Gasteiger partial charge in [-0.15, -0.1) is 0 Å². The number of ether oxygens (including phenoxy) is 3. The third-order valence-corrected chi connectivity index (χ3v) is 10.0. The Morgan fingerprint density at radius 3 is 2.58 bits per heavy atom. The number of carbonyl (C=O) groups is 3. The number of ketones is 1. The van der Waals surface area contributed by atoms with E-state index in [0.29, 0.717) is 6.42 Å². The largest absolute Gasteiger partial charge is 0.508 e. The lowest BCUT2D eigenvalue weighted by molar-refractivity contribution is -0.204. The number of rotatable bonds is 3. The van der Waals surface area contributed by atoms with Crippen molar-refractivity contribution < 1.29 is 33.7 Å². The molecule has 0 radical (unpaired) electrons. The van der Waals surface area contributed by atoms with Crippen molar-refractivity contribution in [1.82, 2.24) is 0 Å². The molecule has 9 atom stereocenters. The van der Waals surface area contributed by atoms with Crippen LogP contribution in [0.2, 0.25) is 0 Å². The van der Waals surface area contributed by atoms with Crippen LogP contribution < -0.4 is 0 Å². The molecule has 190 valence electrons. The van der Waals surface area contributed by atoms with Crippen LogP contribution in [-0.4, -0.2) is 48.3 Å². The van der Waals surface area contributed by atoms with E-state index in [1.807, 2.05) is 26.0 Å². The molecule has 0 bridgehead atoms. The van der Waals surface area contributed by atoms with E-state index in [1.54, 1.807) is 18.2 Å². The van der Waals surface area contributed by atoms with E-state index in [4.69, 9.17) is 14.2 Å². The van der Waals surface area contributed by atoms with Gasteiger partial charge in [0.1, 0.15) is 11.9 Å². The Morgan fingerprint density at radius 2 is 1.89 bits per heavy atom. The number of aromatic hydroxyl groups is 1. The molecule has 1 saturated carbocycles. The average Bonchev–Trinajstić information content (AvgIpc) is 3.33. The highest BCUT2D eigenvalue weighted by molar-refractivity contribution is 6.00. The van der Waals surface area contributed by atoms with Crippen LogP contribution in [0.3, 0.4) is 0 Å². The van der Waals surface area contributed by atoms with Crippen molar-refractivity contribution in [3.05, 3.63) is 53.1 Å². The molecule has 1 aromatic rings. The van der Waals surface area contributed by atoms with Gasteiger partial charge in [-0.1, -0.05) is 30.7 Å². The molecular formula is C29H32O7. The molecule has 3 fully saturated rings. The summed E-state index contributed by atoms with van der Waals surface area (Å²) in [5.74, 6) is -1.31. The van der Waals surface area contributed by atoms with E-state index in [0.717, 1.165) is 12.0 Å². The normalized spacial score (nSPS) is 42.5. The van der Waals surface area contributed by atoms with Gasteiger partial charge in [0.25, 0.3) is 0 Å². The van der Waals surface area contributed by atoms with E-state index in [-0.39, 0.29) is 53.7 Å². The Bertz CT molecular complexity index is 1210. The Hall–Kier alpha value is -2.93. The third kappa shape index (κ3) is 2.98. The fourth-order valence-electron chi connectivity index (χ4n) is 8.13. The summed E-state index contributed by atoms with van der Waals surface area (Å²) in [5, 5.41) is 9.73. The van der Waals surface area contributed by atoms with Gasteiger partial charge in [-0.2, -0.15) is 0 Å². The van der Waals surface area contributed by atoms with Crippen LogP contribution in [0.25, 0.3) is 0 Å². The molecule has 2 heterocycles. The monoisotopic (exact) mass is 492 g/mol. The maximum atomic E-state index is 13.6. The topological polar surface area (TPSA) is 99.1 Å². The van der Waals surface area contributed by atoms with Crippen LogP contribution in [0, 0.1) is 28.6 Å². The second kappa shape index (κ2) is 7.78. The minimum Gasteiger partial charge on any atom is -0.508 e. The number of hydrogen-bond acceptors (Lipinski definition) is 7. The molecule has 2 saturated heterocycles. The van der Waals surface area contributed by atoms with Crippen LogP contribution in [-0.2, 0) is 28.6 Å². The molecule has 5 aliphatic rings. The lowest BCUT2D eigenvalue weighted by atomic mass is 9.45. The van der Waals surface area contributed by atoms with Gasteiger partial charge in [0.15, 0.2) is 5.78 Å². The van der Waals surface area contributed by atoms with Gasteiger partial charge in [-0.3, -0.25) is 14.4 Å². The zero-order valence-corrected chi connectivity index (χ0v) is 21.0. The van der Waals surface area contributed by atoms with Gasteiger partial charge in [0.05, 0.1) is 24.7 Å². The van der Waals surface area contributed by atoms with Gasteiger partial charge < -0.3 is 19.3 Å². The SMILES string of the molecule is COC(=O)C[C@H]1[C@@H]2CC3=C(C)[C@H](c4ccc(O)cc4)C[C@@H]3O[C@@H]2[C@@H]2OC(=O)[C@]3(C)C=CC(=O)[C@@]1(C)[C@@H]23. The number of hydrogen-bond donors (Lipinski definition) is 1. The first-order chi connectivity index (χ1) is 17.1. The molecule has 3 aliphatic carbocycles. The summed E-state index contributed by atoms with van der Waals surface area (Å²) in [4.78, 5) is 39.3. The second-order valence-corrected chi connectivity index (χ2v) is 11.5. The second-order valence-electron chi connectivity index (χ2n) is 11.5. The van der Waals surface area contributed by atoms with E-state index in [1.165, 1.54) is 24.3 Å². The zero-order valence-electron chi connectivity index (χ0n) is 21.0. The quantitative estimate of drug-likeness (QED) is 0.505. The first kappa shape index (κ1) is 23.5. The van der Waals surface area contributed by atoms with Crippen molar-refractivity contribution in [3.63, 3.8) is 0 Å². The first-order valence-corrected chi connectivity index (χ1v) is 12.7. The van der Waals surface area contributed by atoms with Crippen LogP contribution in [0.1, 0.15) is 51.5 Å². The number of benzene rings is 1. The molecule has 2 aliphatic heterocycles. The predicted molar refractivity (Wildman–Crippen MR) is 129 cm³/mol. The van der Waals surface area contributed by atoms with Crippen molar-refractivity contribution in [2.24, 2.45) is 28.6 Å². The fourth-order valence-corrected chi connectivity index (χ4v) is 8.13. The maximum absolute atomic E-state index is 13.6. The Kier molecular flexibility index (Phi) is 5.07. The number of carbonyl (C=O) groups excluding carboxylic acids is 3. The predicted octanol–water partition coefficient (Wildman–Crippen LogP) is 3.86. The zero-order chi connectivity index (χ0) is 25.6. The van der Waals surface area contributed by atoms with Crippen molar-refractivity contribution in [2.45, 2.75) is 64.3 Å².